The molecule has 14 heavy (non-hydrogen) atoms. The van der Waals surface area contributed by atoms with Crippen LogP contribution in [0.15, 0.2) is 12.1 Å². The van der Waals surface area contributed by atoms with Gasteiger partial charge in [0.05, 0.1) is 0 Å². The average molecular weight is 222 g/mol. The molecule has 0 heterocycles. The molecule has 0 saturated carbocycles. The van der Waals surface area contributed by atoms with Gasteiger partial charge in [-0.2, -0.15) is 0 Å². The van der Waals surface area contributed by atoms with E-state index < -0.39 is 17.7 Å². The molecule has 1 rings (SSSR count). The molecule has 1 unspecified atom stereocenters. The largest absolute Gasteiger partial charge is 0.396 e. The van der Waals surface area contributed by atoms with Gasteiger partial charge >= 0.3 is 0 Å². The van der Waals surface area contributed by atoms with Crippen molar-refractivity contribution in [3.8, 4) is 0 Å². The standard InChI is InChI=1S/C9H10ClF2NO/c10-5-3-6(8(13)1-2-14)9(12)7(11)4-5/h3-4,8,14H,1-2,13H2. The first-order chi connectivity index (χ1) is 6.56. The first-order valence-corrected chi connectivity index (χ1v) is 4.45. The van der Waals surface area contributed by atoms with Crippen molar-refractivity contribution in [2.45, 2.75) is 12.5 Å². The molecule has 0 fully saturated rings. The van der Waals surface area contributed by atoms with E-state index >= 15 is 0 Å². The molecular formula is C9H10ClF2NO. The maximum Gasteiger partial charge on any atom is 0.163 e. The number of halogens is 3. The highest BCUT2D eigenvalue weighted by Gasteiger charge is 2.15. The molecule has 0 radical (unpaired) electrons. The van der Waals surface area contributed by atoms with Crippen LogP contribution in [0.2, 0.25) is 5.02 Å². The van der Waals surface area contributed by atoms with Crippen molar-refractivity contribution in [3.05, 3.63) is 34.4 Å². The lowest BCUT2D eigenvalue weighted by Crippen LogP contribution is -2.14. The third kappa shape index (κ3) is 2.41. The maximum absolute atomic E-state index is 13.2. The molecule has 0 aromatic heterocycles. The predicted octanol–water partition coefficient (Wildman–Crippen LogP) is 2.00. The van der Waals surface area contributed by atoms with Gasteiger partial charge in [-0.25, -0.2) is 8.78 Å². The fraction of sp³-hybridized carbons (Fsp3) is 0.333. The van der Waals surface area contributed by atoms with Crippen molar-refractivity contribution in [1.82, 2.24) is 0 Å². The normalized spacial score (nSPS) is 12.9. The van der Waals surface area contributed by atoms with E-state index in [1.807, 2.05) is 0 Å². The number of aliphatic hydroxyl groups is 1. The van der Waals surface area contributed by atoms with E-state index in [2.05, 4.69) is 0 Å². The molecule has 78 valence electrons. The summed E-state index contributed by atoms with van der Waals surface area (Å²) in [6.07, 6.45) is 0.163. The van der Waals surface area contributed by atoms with Gasteiger partial charge in [0, 0.05) is 23.2 Å². The zero-order chi connectivity index (χ0) is 10.7. The Morgan fingerprint density at radius 3 is 2.64 bits per heavy atom. The van der Waals surface area contributed by atoms with Crippen LogP contribution in [0.1, 0.15) is 18.0 Å². The van der Waals surface area contributed by atoms with Crippen LogP contribution in [0.3, 0.4) is 0 Å². The van der Waals surface area contributed by atoms with Crippen LogP contribution < -0.4 is 5.73 Å². The van der Waals surface area contributed by atoms with Gasteiger partial charge in [-0.1, -0.05) is 11.6 Å². The summed E-state index contributed by atoms with van der Waals surface area (Å²) in [5.41, 5.74) is 5.51. The van der Waals surface area contributed by atoms with E-state index in [-0.39, 0.29) is 23.6 Å². The fourth-order valence-corrected chi connectivity index (χ4v) is 1.35. The maximum atomic E-state index is 13.2. The lowest BCUT2D eigenvalue weighted by atomic mass is 10.0. The summed E-state index contributed by atoms with van der Waals surface area (Å²) in [4.78, 5) is 0. The third-order valence-electron chi connectivity index (χ3n) is 1.86. The van der Waals surface area contributed by atoms with Crippen LogP contribution >= 0.6 is 11.6 Å². The summed E-state index contributed by atoms with van der Waals surface area (Å²) in [7, 11) is 0. The highest BCUT2D eigenvalue weighted by molar-refractivity contribution is 6.30. The van der Waals surface area contributed by atoms with E-state index in [4.69, 9.17) is 22.4 Å². The molecule has 0 aliphatic rings. The van der Waals surface area contributed by atoms with Gasteiger partial charge in [-0.15, -0.1) is 0 Å². The van der Waals surface area contributed by atoms with Crippen molar-refractivity contribution in [1.29, 1.82) is 0 Å². The van der Waals surface area contributed by atoms with E-state index in [1.54, 1.807) is 0 Å². The summed E-state index contributed by atoms with van der Waals surface area (Å²) in [5, 5.41) is 8.69. The fourth-order valence-electron chi connectivity index (χ4n) is 1.14. The molecule has 0 saturated heterocycles. The highest BCUT2D eigenvalue weighted by atomic mass is 35.5. The minimum absolute atomic E-state index is 0.0101. The molecule has 3 N–H and O–H groups in total. The Balaban J connectivity index is 3.07. The first-order valence-electron chi connectivity index (χ1n) is 4.07. The molecule has 0 amide bonds. The molecule has 0 aliphatic heterocycles. The zero-order valence-corrected chi connectivity index (χ0v) is 8.06. The van der Waals surface area contributed by atoms with Gasteiger partial charge in [-0.3, -0.25) is 0 Å². The summed E-state index contributed by atoms with van der Waals surface area (Å²) in [6, 6.07) is 1.40. The van der Waals surface area contributed by atoms with E-state index in [0.29, 0.717) is 0 Å². The second-order valence-corrected chi connectivity index (χ2v) is 3.35. The van der Waals surface area contributed by atoms with Crippen LogP contribution in [-0.4, -0.2) is 11.7 Å². The Morgan fingerprint density at radius 1 is 1.43 bits per heavy atom. The quantitative estimate of drug-likeness (QED) is 0.767. The summed E-state index contributed by atoms with van der Waals surface area (Å²) in [5.74, 6) is -2.03. The van der Waals surface area contributed by atoms with Crippen LogP contribution in [0.5, 0.6) is 0 Å². The van der Waals surface area contributed by atoms with E-state index in [9.17, 15) is 8.78 Å². The van der Waals surface area contributed by atoms with E-state index in [1.165, 1.54) is 6.07 Å². The molecule has 5 heteroatoms. The van der Waals surface area contributed by atoms with E-state index in [0.717, 1.165) is 6.07 Å². The zero-order valence-electron chi connectivity index (χ0n) is 7.30. The monoisotopic (exact) mass is 221 g/mol. The van der Waals surface area contributed by atoms with Gasteiger partial charge in [0.25, 0.3) is 0 Å². The Morgan fingerprint density at radius 2 is 2.07 bits per heavy atom. The van der Waals surface area contributed by atoms with Crippen molar-refractivity contribution in [2.24, 2.45) is 5.73 Å². The minimum atomic E-state index is -1.03. The Hall–Kier alpha value is -0.710. The van der Waals surface area contributed by atoms with Crippen LogP contribution in [-0.2, 0) is 0 Å². The Kier molecular flexibility index (Phi) is 3.80. The molecule has 0 aliphatic carbocycles. The summed E-state index contributed by atoms with van der Waals surface area (Å²) in [6.45, 7) is -0.186. The molecular weight excluding hydrogens is 212 g/mol. The predicted molar refractivity (Wildman–Crippen MR) is 50.0 cm³/mol. The summed E-state index contributed by atoms with van der Waals surface area (Å²) >= 11 is 5.54. The van der Waals surface area contributed by atoms with Crippen LogP contribution in [0.25, 0.3) is 0 Å². The van der Waals surface area contributed by atoms with Crippen molar-refractivity contribution in [3.63, 3.8) is 0 Å². The number of benzene rings is 1. The van der Waals surface area contributed by atoms with Gasteiger partial charge in [0.2, 0.25) is 0 Å². The van der Waals surface area contributed by atoms with Crippen molar-refractivity contribution < 1.29 is 13.9 Å². The van der Waals surface area contributed by atoms with Crippen molar-refractivity contribution in [2.75, 3.05) is 6.61 Å². The topological polar surface area (TPSA) is 46.2 Å². The minimum Gasteiger partial charge on any atom is -0.396 e. The van der Waals surface area contributed by atoms with Gasteiger partial charge < -0.3 is 10.8 Å². The molecule has 1 aromatic rings. The number of rotatable bonds is 3. The SMILES string of the molecule is NC(CCO)c1cc(Cl)cc(F)c1F. The number of aliphatic hydroxyl groups excluding tert-OH is 1. The van der Waals surface area contributed by atoms with Gasteiger partial charge in [-0.05, 0) is 18.6 Å². The second kappa shape index (κ2) is 4.68. The second-order valence-electron chi connectivity index (χ2n) is 2.91. The molecule has 0 spiro atoms. The van der Waals surface area contributed by atoms with Gasteiger partial charge in [0.1, 0.15) is 0 Å². The molecule has 2 nitrogen and oxygen atoms in total. The smallest absolute Gasteiger partial charge is 0.163 e. The molecule has 0 bridgehead atoms. The molecule has 1 atom stereocenters. The first kappa shape index (κ1) is 11.4. The van der Waals surface area contributed by atoms with Crippen LogP contribution in [0.4, 0.5) is 8.78 Å². The lowest BCUT2D eigenvalue weighted by Gasteiger charge is -2.12. The van der Waals surface area contributed by atoms with Gasteiger partial charge in [0.15, 0.2) is 11.6 Å². The lowest BCUT2D eigenvalue weighted by molar-refractivity contribution is 0.275. The Labute approximate surface area is 85.3 Å². The highest BCUT2D eigenvalue weighted by Crippen LogP contribution is 2.24. The third-order valence-corrected chi connectivity index (χ3v) is 2.08. The van der Waals surface area contributed by atoms with Crippen LogP contribution in [0, 0.1) is 11.6 Å². The summed E-state index contributed by atoms with van der Waals surface area (Å²) < 4.78 is 26.0. The molecule has 1 aromatic carbocycles. The van der Waals surface area contributed by atoms with Crippen molar-refractivity contribution >= 4 is 11.6 Å². The number of hydrogen-bond acceptors (Lipinski definition) is 2. The average Bonchev–Trinajstić information content (AvgIpc) is 2.11. The number of nitrogens with two attached hydrogens (primary N) is 1. The Bertz CT molecular complexity index is 333. The number of hydrogen-bond donors (Lipinski definition) is 2.